The van der Waals surface area contributed by atoms with Gasteiger partial charge in [0, 0.05) is 13.1 Å². The van der Waals surface area contributed by atoms with Gasteiger partial charge in [-0.3, -0.25) is 14.3 Å². The van der Waals surface area contributed by atoms with E-state index in [0.29, 0.717) is 37.3 Å². The molecule has 0 spiro atoms. The van der Waals surface area contributed by atoms with E-state index in [4.69, 9.17) is 9.47 Å². The molecule has 1 aliphatic rings. The Morgan fingerprint density at radius 1 is 1.31 bits per heavy atom. The van der Waals surface area contributed by atoms with Crippen molar-refractivity contribution in [2.24, 2.45) is 13.0 Å². The molecule has 9 nitrogen and oxygen atoms in total. The minimum absolute atomic E-state index is 0.0219. The molecule has 174 valence electrons. The zero-order valence-corrected chi connectivity index (χ0v) is 18.6. The molecule has 3 rings (SSSR count). The highest BCUT2D eigenvalue weighted by Crippen LogP contribution is 2.32. The number of hydrogen-bond acceptors (Lipinski definition) is 7. The minimum atomic E-state index is -0.835. The standard InChI is InChI=1S/C22H29FN4O5/c1-4-5-9-31-19(28)12-17-21(25-26-27(17)3)20-16(23)11-18(13(2)24-20)32-15-8-6-7-14(10-15)22(29)30/h11,14-15H,4-10,12H2,1-3H3,(H,29,30)/t14-,15-/m0/s1. The van der Waals surface area contributed by atoms with Gasteiger partial charge in [-0.25, -0.2) is 9.37 Å². The van der Waals surface area contributed by atoms with E-state index in [2.05, 4.69) is 15.3 Å². The molecule has 0 bridgehead atoms. The first-order chi connectivity index (χ1) is 15.3. The van der Waals surface area contributed by atoms with Crippen LogP contribution >= 0.6 is 0 Å². The largest absolute Gasteiger partial charge is 0.488 e. The molecular weight excluding hydrogens is 419 g/mol. The first kappa shape index (κ1) is 23.6. The number of esters is 1. The van der Waals surface area contributed by atoms with E-state index >= 15 is 4.39 Å². The van der Waals surface area contributed by atoms with E-state index in [1.165, 1.54) is 10.7 Å². The number of aromatic nitrogens is 4. The van der Waals surface area contributed by atoms with Gasteiger partial charge >= 0.3 is 11.9 Å². The van der Waals surface area contributed by atoms with E-state index < -0.39 is 23.7 Å². The number of aliphatic carboxylic acids is 1. The van der Waals surface area contributed by atoms with Gasteiger partial charge in [0.15, 0.2) is 5.82 Å². The van der Waals surface area contributed by atoms with Crippen LogP contribution in [-0.2, 0) is 27.8 Å². The number of ether oxygens (including phenoxy) is 2. The SMILES string of the molecule is CCCCOC(=O)Cc1c(-c2nc(C)c(O[C@H]3CCC[C@H](C(=O)O)C3)cc2F)nnn1C. The summed E-state index contributed by atoms with van der Waals surface area (Å²) in [4.78, 5) is 27.8. The number of nitrogens with zero attached hydrogens (tertiary/aromatic N) is 4. The van der Waals surface area contributed by atoms with E-state index in [1.807, 2.05) is 6.92 Å². The minimum Gasteiger partial charge on any atom is -0.488 e. The molecule has 2 atom stereocenters. The number of pyridine rings is 1. The van der Waals surface area contributed by atoms with Crippen LogP contribution in [0, 0.1) is 18.7 Å². The number of carboxylic acids is 1. The van der Waals surface area contributed by atoms with Gasteiger partial charge in [-0.2, -0.15) is 0 Å². The van der Waals surface area contributed by atoms with Crippen LogP contribution < -0.4 is 4.74 Å². The fourth-order valence-electron chi connectivity index (χ4n) is 3.78. The van der Waals surface area contributed by atoms with Gasteiger partial charge in [0.25, 0.3) is 0 Å². The second-order valence-electron chi connectivity index (χ2n) is 8.10. The van der Waals surface area contributed by atoms with Crippen LogP contribution in [0.1, 0.15) is 56.8 Å². The van der Waals surface area contributed by atoms with Crippen LogP contribution in [0.15, 0.2) is 6.07 Å². The molecule has 0 radical (unpaired) electrons. The van der Waals surface area contributed by atoms with Crippen LogP contribution in [0.3, 0.4) is 0 Å². The molecule has 10 heteroatoms. The topological polar surface area (TPSA) is 116 Å². The maximum absolute atomic E-state index is 15.0. The first-order valence-electron chi connectivity index (χ1n) is 10.9. The second-order valence-corrected chi connectivity index (χ2v) is 8.10. The summed E-state index contributed by atoms with van der Waals surface area (Å²) in [5.74, 6) is -2.11. The van der Waals surface area contributed by atoms with E-state index in [1.54, 1.807) is 14.0 Å². The number of hydrogen-bond donors (Lipinski definition) is 1. The van der Waals surface area contributed by atoms with Crippen LogP contribution in [-0.4, -0.2) is 49.7 Å². The molecule has 0 aliphatic heterocycles. The van der Waals surface area contributed by atoms with Gasteiger partial charge in [-0.05, 0) is 39.0 Å². The maximum atomic E-state index is 15.0. The first-order valence-corrected chi connectivity index (χ1v) is 10.9. The van der Waals surface area contributed by atoms with E-state index in [9.17, 15) is 14.7 Å². The molecular formula is C22H29FN4O5. The molecule has 2 heterocycles. The summed E-state index contributed by atoms with van der Waals surface area (Å²) >= 11 is 0. The second kappa shape index (κ2) is 10.5. The number of unbranched alkanes of at least 4 members (excludes halogenated alkanes) is 1. The normalized spacial score (nSPS) is 18.4. The monoisotopic (exact) mass is 448 g/mol. The molecule has 1 aliphatic carbocycles. The number of carbonyl (C=O) groups is 2. The summed E-state index contributed by atoms with van der Waals surface area (Å²) in [7, 11) is 1.62. The van der Waals surface area contributed by atoms with Gasteiger partial charge in [0.05, 0.1) is 36.4 Å². The summed E-state index contributed by atoms with van der Waals surface area (Å²) in [6.45, 7) is 4.02. The van der Waals surface area contributed by atoms with Crippen molar-refractivity contribution in [2.75, 3.05) is 6.61 Å². The summed E-state index contributed by atoms with van der Waals surface area (Å²) in [5.41, 5.74) is 1.01. The Morgan fingerprint density at radius 2 is 2.09 bits per heavy atom. The highest BCUT2D eigenvalue weighted by molar-refractivity contribution is 5.75. The van der Waals surface area contributed by atoms with Crippen LogP contribution in [0.2, 0.25) is 0 Å². The Labute approximate surface area is 185 Å². The van der Waals surface area contributed by atoms with Gasteiger partial charge < -0.3 is 14.6 Å². The zero-order valence-electron chi connectivity index (χ0n) is 18.6. The Hall–Kier alpha value is -3.04. The number of carboxylic acid groups (broad SMARTS) is 1. The van der Waals surface area contributed by atoms with Crippen LogP contribution in [0.5, 0.6) is 5.75 Å². The smallest absolute Gasteiger partial charge is 0.311 e. The van der Waals surface area contributed by atoms with E-state index in [-0.39, 0.29) is 29.7 Å². The van der Waals surface area contributed by atoms with Crippen molar-refractivity contribution in [3.05, 3.63) is 23.3 Å². The molecule has 0 aromatic carbocycles. The Bertz CT molecular complexity index is 977. The van der Waals surface area contributed by atoms with Gasteiger partial charge in [0.2, 0.25) is 0 Å². The number of halogens is 1. The van der Waals surface area contributed by atoms with Gasteiger partial charge in [-0.1, -0.05) is 18.6 Å². The lowest BCUT2D eigenvalue weighted by Crippen LogP contribution is -2.29. The third kappa shape index (κ3) is 5.60. The van der Waals surface area contributed by atoms with Crippen molar-refractivity contribution in [1.29, 1.82) is 0 Å². The van der Waals surface area contributed by atoms with Crippen molar-refractivity contribution in [3.63, 3.8) is 0 Å². The average molecular weight is 448 g/mol. The molecule has 0 amide bonds. The lowest BCUT2D eigenvalue weighted by Gasteiger charge is -2.27. The molecule has 0 saturated heterocycles. The quantitative estimate of drug-likeness (QED) is 0.459. The Kier molecular flexibility index (Phi) is 7.76. The summed E-state index contributed by atoms with van der Waals surface area (Å²) < 4.78 is 27.5. The third-order valence-electron chi connectivity index (χ3n) is 5.63. The van der Waals surface area contributed by atoms with Crippen molar-refractivity contribution in [2.45, 2.75) is 64.9 Å². The highest BCUT2D eigenvalue weighted by Gasteiger charge is 2.29. The predicted octanol–water partition coefficient (Wildman–Crippen LogP) is 3.23. The number of carbonyl (C=O) groups excluding carboxylic acids is 1. The average Bonchev–Trinajstić information content (AvgIpc) is 3.11. The Balaban J connectivity index is 1.78. The fourth-order valence-corrected chi connectivity index (χ4v) is 3.78. The maximum Gasteiger partial charge on any atom is 0.311 e. The molecule has 2 aromatic rings. The molecule has 1 saturated carbocycles. The van der Waals surface area contributed by atoms with E-state index in [0.717, 1.165) is 19.3 Å². The third-order valence-corrected chi connectivity index (χ3v) is 5.63. The fraction of sp³-hybridized carbons (Fsp3) is 0.591. The summed E-state index contributed by atoms with van der Waals surface area (Å²) in [6, 6.07) is 1.24. The lowest BCUT2D eigenvalue weighted by atomic mass is 9.87. The molecule has 32 heavy (non-hydrogen) atoms. The zero-order chi connectivity index (χ0) is 23.3. The van der Waals surface area contributed by atoms with Crippen molar-refractivity contribution >= 4 is 11.9 Å². The molecule has 2 aromatic heterocycles. The Morgan fingerprint density at radius 3 is 2.81 bits per heavy atom. The number of aryl methyl sites for hydroxylation is 2. The molecule has 1 N–H and O–H groups in total. The lowest BCUT2D eigenvalue weighted by molar-refractivity contribution is -0.144. The van der Waals surface area contributed by atoms with Crippen molar-refractivity contribution in [3.8, 4) is 17.1 Å². The molecule has 0 unspecified atom stereocenters. The van der Waals surface area contributed by atoms with Crippen molar-refractivity contribution < 1.29 is 28.6 Å². The predicted molar refractivity (Wildman–Crippen MR) is 113 cm³/mol. The van der Waals surface area contributed by atoms with Crippen molar-refractivity contribution in [1.82, 2.24) is 20.0 Å². The van der Waals surface area contributed by atoms with Crippen LogP contribution in [0.25, 0.3) is 11.4 Å². The highest BCUT2D eigenvalue weighted by atomic mass is 19.1. The molecule has 1 fully saturated rings. The van der Waals surface area contributed by atoms with Gasteiger partial charge in [-0.15, -0.1) is 5.10 Å². The number of rotatable bonds is 9. The summed E-state index contributed by atoms with van der Waals surface area (Å²) in [5, 5.41) is 17.2. The van der Waals surface area contributed by atoms with Crippen LogP contribution in [0.4, 0.5) is 4.39 Å². The summed E-state index contributed by atoms with van der Waals surface area (Å²) in [6.07, 6.45) is 3.73. The van der Waals surface area contributed by atoms with Gasteiger partial charge in [0.1, 0.15) is 17.1 Å².